The number of carbonyl (C=O) groups excluding carboxylic acids is 1. The van der Waals surface area contributed by atoms with Crippen LogP contribution in [0.15, 0.2) is 72.0 Å². The quantitative estimate of drug-likeness (QED) is 0.486. The Hall–Kier alpha value is -2.53. The van der Waals surface area contributed by atoms with Gasteiger partial charge in [-0.15, -0.1) is 0 Å². The predicted octanol–water partition coefficient (Wildman–Crippen LogP) is 3.93. The number of imidazole rings is 1. The molecule has 1 aromatic heterocycles. The maximum atomic E-state index is 12.0. The molecule has 5 heteroatoms. The number of thioether (sulfide) groups is 1. The summed E-state index contributed by atoms with van der Waals surface area (Å²) >= 11 is 1.46. The van der Waals surface area contributed by atoms with Gasteiger partial charge in [-0.2, -0.15) is 0 Å². The van der Waals surface area contributed by atoms with Crippen LogP contribution < -0.4 is 5.32 Å². The molecule has 0 spiro atoms. The molecule has 0 aliphatic heterocycles. The average molecular weight is 366 g/mol. The monoisotopic (exact) mass is 365 g/mol. The Balaban J connectivity index is 1.43. The summed E-state index contributed by atoms with van der Waals surface area (Å²) in [6, 6.07) is 20.5. The number of hydrogen-bond acceptors (Lipinski definition) is 3. The van der Waals surface area contributed by atoms with Gasteiger partial charge in [-0.3, -0.25) is 4.79 Å². The second kappa shape index (κ2) is 9.25. The van der Waals surface area contributed by atoms with Crippen LogP contribution in [-0.4, -0.2) is 27.8 Å². The van der Waals surface area contributed by atoms with Crippen LogP contribution in [0, 0.1) is 0 Å². The van der Waals surface area contributed by atoms with E-state index in [1.165, 1.54) is 17.3 Å². The third-order valence-electron chi connectivity index (χ3n) is 4.15. The molecule has 3 aromatic rings. The van der Waals surface area contributed by atoms with Crippen molar-refractivity contribution in [2.75, 3.05) is 12.3 Å². The van der Waals surface area contributed by atoms with E-state index in [1.807, 2.05) is 54.2 Å². The summed E-state index contributed by atoms with van der Waals surface area (Å²) in [6.45, 7) is 0.699. The highest BCUT2D eigenvalue weighted by molar-refractivity contribution is 7.99. The Morgan fingerprint density at radius 3 is 2.50 bits per heavy atom. The van der Waals surface area contributed by atoms with Gasteiger partial charge in [0.25, 0.3) is 0 Å². The number of amides is 1. The van der Waals surface area contributed by atoms with Crippen molar-refractivity contribution >= 4 is 17.7 Å². The normalized spacial score (nSPS) is 10.7. The standard InChI is InChI=1S/C21H23N3OS/c1-24-19(18-12-6-3-7-13-18)15-23-21(24)26-16-20(25)22-14-8-11-17-9-4-2-5-10-17/h2-7,9-10,12-13,15H,8,11,14,16H2,1H3,(H,22,25). The van der Waals surface area contributed by atoms with Gasteiger partial charge in [-0.1, -0.05) is 72.4 Å². The zero-order valence-corrected chi connectivity index (χ0v) is 15.7. The molecule has 4 nitrogen and oxygen atoms in total. The largest absolute Gasteiger partial charge is 0.355 e. The summed E-state index contributed by atoms with van der Waals surface area (Å²) in [6.07, 6.45) is 3.78. The third kappa shape index (κ3) is 4.99. The Morgan fingerprint density at radius 1 is 1.08 bits per heavy atom. The van der Waals surface area contributed by atoms with Gasteiger partial charge >= 0.3 is 0 Å². The lowest BCUT2D eigenvalue weighted by Crippen LogP contribution is -2.26. The first kappa shape index (κ1) is 18.3. The maximum absolute atomic E-state index is 12.0. The molecule has 0 aliphatic carbocycles. The van der Waals surface area contributed by atoms with Crippen LogP contribution in [0.3, 0.4) is 0 Å². The smallest absolute Gasteiger partial charge is 0.230 e. The summed E-state index contributed by atoms with van der Waals surface area (Å²) < 4.78 is 2.03. The molecule has 0 fully saturated rings. The fourth-order valence-corrected chi connectivity index (χ4v) is 3.53. The number of benzene rings is 2. The lowest BCUT2D eigenvalue weighted by molar-refractivity contribution is -0.118. The SMILES string of the molecule is Cn1c(-c2ccccc2)cnc1SCC(=O)NCCCc1ccccc1. The van der Waals surface area contributed by atoms with Crippen LogP contribution in [0.25, 0.3) is 11.3 Å². The average Bonchev–Trinajstić information content (AvgIpc) is 3.05. The van der Waals surface area contributed by atoms with Gasteiger partial charge in [-0.25, -0.2) is 4.98 Å². The lowest BCUT2D eigenvalue weighted by Gasteiger charge is -2.07. The molecule has 0 aliphatic rings. The van der Waals surface area contributed by atoms with E-state index >= 15 is 0 Å². The van der Waals surface area contributed by atoms with Gasteiger partial charge in [0.1, 0.15) is 0 Å². The fourth-order valence-electron chi connectivity index (χ4n) is 2.75. The molecule has 26 heavy (non-hydrogen) atoms. The molecular weight excluding hydrogens is 342 g/mol. The molecule has 0 unspecified atom stereocenters. The van der Waals surface area contributed by atoms with Gasteiger partial charge in [0.2, 0.25) is 5.91 Å². The first-order chi connectivity index (χ1) is 12.7. The predicted molar refractivity (Wildman–Crippen MR) is 107 cm³/mol. The lowest BCUT2D eigenvalue weighted by atomic mass is 10.1. The molecule has 1 N–H and O–H groups in total. The molecule has 0 atom stereocenters. The highest BCUT2D eigenvalue weighted by Crippen LogP contribution is 2.24. The Labute approximate surface area is 158 Å². The Kier molecular flexibility index (Phi) is 6.50. The summed E-state index contributed by atoms with van der Waals surface area (Å²) in [7, 11) is 1.98. The van der Waals surface area contributed by atoms with E-state index in [2.05, 4.69) is 34.6 Å². The Morgan fingerprint density at radius 2 is 1.77 bits per heavy atom. The van der Waals surface area contributed by atoms with Crippen molar-refractivity contribution in [2.24, 2.45) is 7.05 Å². The summed E-state index contributed by atoms with van der Waals surface area (Å²) in [5.41, 5.74) is 3.48. The fraction of sp³-hybridized carbons (Fsp3) is 0.238. The molecule has 2 aromatic carbocycles. The molecular formula is C21H23N3OS. The van der Waals surface area contributed by atoms with Gasteiger partial charge in [0.05, 0.1) is 17.6 Å². The summed E-state index contributed by atoms with van der Waals surface area (Å²) in [4.78, 5) is 16.5. The van der Waals surface area contributed by atoms with Gasteiger partial charge in [0, 0.05) is 13.6 Å². The van der Waals surface area contributed by atoms with Crippen LogP contribution >= 0.6 is 11.8 Å². The van der Waals surface area contributed by atoms with E-state index in [1.54, 1.807) is 0 Å². The van der Waals surface area contributed by atoms with E-state index in [0.717, 1.165) is 29.3 Å². The minimum atomic E-state index is 0.0484. The number of hydrogen-bond donors (Lipinski definition) is 1. The molecule has 134 valence electrons. The van der Waals surface area contributed by atoms with E-state index in [4.69, 9.17) is 0 Å². The number of nitrogens with zero attached hydrogens (tertiary/aromatic N) is 2. The second-order valence-electron chi connectivity index (χ2n) is 6.08. The van der Waals surface area contributed by atoms with Crippen molar-refractivity contribution in [3.05, 3.63) is 72.4 Å². The number of aryl methyl sites for hydroxylation is 1. The van der Waals surface area contributed by atoms with Gasteiger partial charge in [-0.05, 0) is 24.0 Å². The van der Waals surface area contributed by atoms with Crippen LogP contribution in [0.2, 0.25) is 0 Å². The van der Waals surface area contributed by atoms with Crippen LogP contribution in [0.1, 0.15) is 12.0 Å². The third-order valence-corrected chi connectivity index (χ3v) is 5.20. The number of carbonyl (C=O) groups is 1. The molecule has 0 bridgehead atoms. The highest BCUT2D eigenvalue weighted by Gasteiger charge is 2.10. The molecule has 1 heterocycles. The van der Waals surface area contributed by atoms with Crippen molar-refractivity contribution in [2.45, 2.75) is 18.0 Å². The van der Waals surface area contributed by atoms with E-state index in [9.17, 15) is 4.79 Å². The molecule has 0 saturated carbocycles. The number of rotatable bonds is 8. The van der Waals surface area contributed by atoms with E-state index in [-0.39, 0.29) is 5.91 Å². The van der Waals surface area contributed by atoms with Crippen LogP contribution in [0.4, 0.5) is 0 Å². The first-order valence-corrected chi connectivity index (χ1v) is 9.73. The zero-order valence-electron chi connectivity index (χ0n) is 14.9. The van der Waals surface area contributed by atoms with Crippen LogP contribution in [-0.2, 0) is 18.3 Å². The second-order valence-corrected chi connectivity index (χ2v) is 7.02. The minimum Gasteiger partial charge on any atom is -0.355 e. The number of nitrogens with one attached hydrogen (secondary N) is 1. The molecule has 1 amide bonds. The van der Waals surface area contributed by atoms with Crippen molar-refractivity contribution in [3.8, 4) is 11.3 Å². The van der Waals surface area contributed by atoms with E-state index < -0.39 is 0 Å². The van der Waals surface area contributed by atoms with Crippen molar-refractivity contribution in [1.29, 1.82) is 0 Å². The highest BCUT2D eigenvalue weighted by atomic mass is 32.2. The van der Waals surface area contributed by atoms with Crippen molar-refractivity contribution in [3.63, 3.8) is 0 Å². The van der Waals surface area contributed by atoms with E-state index in [0.29, 0.717) is 12.3 Å². The summed E-state index contributed by atoms with van der Waals surface area (Å²) in [5, 5.41) is 3.83. The first-order valence-electron chi connectivity index (χ1n) is 8.74. The zero-order chi connectivity index (χ0) is 18.2. The molecule has 0 radical (unpaired) electrons. The van der Waals surface area contributed by atoms with Gasteiger partial charge < -0.3 is 9.88 Å². The Bertz CT molecular complexity index is 831. The topological polar surface area (TPSA) is 46.9 Å². The maximum Gasteiger partial charge on any atom is 0.230 e. The minimum absolute atomic E-state index is 0.0484. The van der Waals surface area contributed by atoms with Crippen molar-refractivity contribution in [1.82, 2.24) is 14.9 Å². The van der Waals surface area contributed by atoms with Crippen molar-refractivity contribution < 1.29 is 4.79 Å². The van der Waals surface area contributed by atoms with Crippen LogP contribution in [0.5, 0.6) is 0 Å². The summed E-state index contributed by atoms with van der Waals surface area (Å²) in [5.74, 6) is 0.428. The molecule has 3 rings (SSSR count). The van der Waals surface area contributed by atoms with Gasteiger partial charge in [0.15, 0.2) is 5.16 Å². The number of aromatic nitrogens is 2. The molecule has 0 saturated heterocycles.